The standard InChI is InChI=1S/C14H27N5O/c1-14(2,12(15)16)19-9-7-18(8-10-19)13(20)17-11-5-3-4-6-11/h11H,3-10H2,1-2H3,(H3,15,16)(H,17,20). The second-order valence-electron chi connectivity index (χ2n) is 6.38. The highest BCUT2D eigenvalue weighted by molar-refractivity contribution is 5.86. The summed E-state index contributed by atoms with van der Waals surface area (Å²) in [5.74, 6) is 0.182. The van der Waals surface area contributed by atoms with E-state index in [2.05, 4.69) is 10.2 Å². The van der Waals surface area contributed by atoms with E-state index in [-0.39, 0.29) is 11.9 Å². The molecule has 0 bridgehead atoms. The number of nitrogens with one attached hydrogen (secondary N) is 2. The van der Waals surface area contributed by atoms with Gasteiger partial charge in [-0.25, -0.2) is 4.79 Å². The van der Waals surface area contributed by atoms with Gasteiger partial charge in [0.1, 0.15) is 5.84 Å². The average molecular weight is 281 g/mol. The molecule has 0 atom stereocenters. The molecule has 1 saturated heterocycles. The number of nitrogens with zero attached hydrogens (tertiary/aromatic N) is 2. The number of urea groups is 1. The summed E-state index contributed by atoms with van der Waals surface area (Å²) < 4.78 is 0. The Labute approximate surface area is 121 Å². The SMILES string of the molecule is CC(C)(C(=N)N)N1CCN(C(=O)NC2CCCC2)CC1. The van der Waals surface area contributed by atoms with Crippen molar-refractivity contribution in [1.82, 2.24) is 15.1 Å². The van der Waals surface area contributed by atoms with E-state index < -0.39 is 5.54 Å². The van der Waals surface area contributed by atoms with Crippen molar-refractivity contribution < 1.29 is 4.79 Å². The number of amidine groups is 1. The summed E-state index contributed by atoms with van der Waals surface area (Å²) in [6.45, 7) is 6.87. The van der Waals surface area contributed by atoms with Crippen LogP contribution in [0, 0.1) is 5.41 Å². The van der Waals surface area contributed by atoms with Crippen LogP contribution in [0.5, 0.6) is 0 Å². The van der Waals surface area contributed by atoms with Crippen LogP contribution in [-0.2, 0) is 0 Å². The second-order valence-corrected chi connectivity index (χ2v) is 6.38. The molecule has 0 aromatic rings. The van der Waals surface area contributed by atoms with E-state index in [0.29, 0.717) is 19.1 Å². The largest absolute Gasteiger partial charge is 0.386 e. The third-order valence-electron chi connectivity index (χ3n) is 4.70. The minimum Gasteiger partial charge on any atom is -0.386 e. The first-order valence-corrected chi connectivity index (χ1v) is 7.56. The first-order valence-electron chi connectivity index (χ1n) is 7.56. The number of amides is 2. The first kappa shape index (κ1) is 15.1. The predicted octanol–water partition coefficient (Wildman–Crippen LogP) is 0.971. The molecule has 0 spiro atoms. The summed E-state index contributed by atoms with van der Waals surface area (Å²) in [5, 5.41) is 10.8. The van der Waals surface area contributed by atoms with E-state index >= 15 is 0 Å². The van der Waals surface area contributed by atoms with Crippen molar-refractivity contribution in [3.8, 4) is 0 Å². The number of nitrogens with two attached hydrogens (primary N) is 1. The van der Waals surface area contributed by atoms with Crippen LogP contribution in [0.15, 0.2) is 0 Å². The molecule has 1 aliphatic heterocycles. The lowest BCUT2D eigenvalue weighted by atomic mass is 10.0. The molecule has 0 unspecified atom stereocenters. The van der Waals surface area contributed by atoms with E-state index in [4.69, 9.17) is 11.1 Å². The van der Waals surface area contributed by atoms with Gasteiger partial charge in [-0.2, -0.15) is 0 Å². The van der Waals surface area contributed by atoms with Crippen LogP contribution in [0.1, 0.15) is 39.5 Å². The molecule has 114 valence electrons. The van der Waals surface area contributed by atoms with E-state index in [1.54, 1.807) is 0 Å². The normalized spacial score (nSPS) is 22.0. The van der Waals surface area contributed by atoms with Gasteiger partial charge in [-0.1, -0.05) is 12.8 Å². The van der Waals surface area contributed by atoms with E-state index in [0.717, 1.165) is 25.9 Å². The topological polar surface area (TPSA) is 85.5 Å². The maximum absolute atomic E-state index is 12.2. The minimum atomic E-state index is -0.423. The summed E-state index contributed by atoms with van der Waals surface area (Å²) in [6, 6.07) is 0.436. The van der Waals surface area contributed by atoms with Crippen LogP contribution in [0.25, 0.3) is 0 Å². The van der Waals surface area contributed by atoms with Gasteiger partial charge in [-0.15, -0.1) is 0 Å². The number of carbonyl (C=O) groups excluding carboxylic acids is 1. The van der Waals surface area contributed by atoms with Gasteiger partial charge in [0.25, 0.3) is 0 Å². The quantitative estimate of drug-likeness (QED) is 0.532. The summed E-state index contributed by atoms with van der Waals surface area (Å²) in [6.07, 6.45) is 4.68. The van der Waals surface area contributed by atoms with Gasteiger partial charge in [-0.3, -0.25) is 10.3 Å². The van der Waals surface area contributed by atoms with Gasteiger partial charge in [0.2, 0.25) is 0 Å². The summed E-state index contributed by atoms with van der Waals surface area (Å²) in [4.78, 5) is 16.2. The Kier molecular flexibility index (Phi) is 4.52. The summed E-state index contributed by atoms with van der Waals surface area (Å²) >= 11 is 0. The molecule has 2 fully saturated rings. The lowest BCUT2D eigenvalue weighted by Crippen LogP contribution is -2.61. The zero-order valence-electron chi connectivity index (χ0n) is 12.6. The van der Waals surface area contributed by atoms with Gasteiger partial charge in [0.05, 0.1) is 5.54 Å². The molecule has 2 rings (SSSR count). The highest BCUT2D eigenvalue weighted by Gasteiger charge is 2.33. The minimum absolute atomic E-state index is 0.0668. The van der Waals surface area contributed by atoms with Crippen molar-refractivity contribution in [3.63, 3.8) is 0 Å². The van der Waals surface area contributed by atoms with Crippen molar-refractivity contribution in [3.05, 3.63) is 0 Å². The van der Waals surface area contributed by atoms with Crippen molar-refractivity contribution >= 4 is 11.9 Å². The summed E-state index contributed by atoms with van der Waals surface area (Å²) in [7, 11) is 0. The molecule has 1 heterocycles. The van der Waals surface area contributed by atoms with Crippen LogP contribution in [0.4, 0.5) is 4.79 Å². The third kappa shape index (κ3) is 3.23. The molecule has 20 heavy (non-hydrogen) atoms. The van der Waals surface area contributed by atoms with Crippen molar-refractivity contribution in [2.24, 2.45) is 5.73 Å². The Morgan fingerprint density at radius 3 is 2.25 bits per heavy atom. The molecule has 0 radical (unpaired) electrons. The molecule has 6 nitrogen and oxygen atoms in total. The molecule has 0 aromatic carbocycles. The monoisotopic (exact) mass is 281 g/mol. The van der Waals surface area contributed by atoms with Crippen molar-refractivity contribution in [2.45, 2.75) is 51.1 Å². The fourth-order valence-electron chi connectivity index (χ4n) is 2.97. The van der Waals surface area contributed by atoms with E-state index in [9.17, 15) is 4.79 Å². The van der Waals surface area contributed by atoms with Crippen molar-refractivity contribution in [2.75, 3.05) is 26.2 Å². The molecule has 1 aliphatic carbocycles. The average Bonchev–Trinajstić information content (AvgIpc) is 2.91. The molecule has 6 heteroatoms. The first-order chi connectivity index (χ1) is 9.41. The molecule has 1 saturated carbocycles. The maximum atomic E-state index is 12.2. The maximum Gasteiger partial charge on any atom is 0.317 e. The third-order valence-corrected chi connectivity index (χ3v) is 4.70. The number of piperazine rings is 1. The lowest BCUT2D eigenvalue weighted by Gasteiger charge is -2.43. The van der Waals surface area contributed by atoms with E-state index in [1.165, 1.54) is 12.8 Å². The van der Waals surface area contributed by atoms with Gasteiger partial charge in [-0.05, 0) is 26.7 Å². The Hall–Kier alpha value is -1.30. The second kappa shape index (κ2) is 5.99. The Morgan fingerprint density at radius 1 is 1.20 bits per heavy atom. The Bertz CT molecular complexity index is 368. The molecule has 2 amide bonds. The zero-order chi connectivity index (χ0) is 14.8. The predicted molar refractivity (Wildman–Crippen MR) is 79.9 cm³/mol. The number of carbonyl (C=O) groups is 1. The van der Waals surface area contributed by atoms with Crippen molar-refractivity contribution in [1.29, 1.82) is 5.41 Å². The Balaban J connectivity index is 1.81. The Morgan fingerprint density at radius 2 is 1.75 bits per heavy atom. The highest BCUT2D eigenvalue weighted by Crippen LogP contribution is 2.19. The number of hydrogen-bond acceptors (Lipinski definition) is 3. The number of rotatable bonds is 3. The zero-order valence-corrected chi connectivity index (χ0v) is 12.6. The lowest BCUT2D eigenvalue weighted by molar-refractivity contribution is 0.0958. The van der Waals surface area contributed by atoms with Gasteiger partial charge in [0.15, 0.2) is 0 Å². The molecule has 2 aliphatic rings. The van der Waals surface area contributed by atoms with Crippen LogP contribution in [0.2, 0.25) is 0 Å². The molecular formula is C14H27N5O. The van der Waals surface area contributed by atoms with Gasteiger partial charge >= 0.3 is 6.03 Å². The fourth-order valence-corrected chi connectivity index (χ4v) is 2.97. The smallest absolute Gasteiger partial charge is 0.317 e. The van der Waals surface area contributed by atoms with Crippen LogP contribution in [0.3, 0.4) is 0 Å². The molecular weight excluding hydrogens is 254 g/mol. The highest BCUT2D eigenvalue weighted by atomic mass is 16.2. The van der Waals surface area contributed by atoms with Crippen LogP contribution in [-0.4, -0.2) is 59.4 Å². The van der Waals surface area contributed by atoms with Crippen LogP contribution < -0.4 is 11.1 Å². The fraction of sp³-hybridized carbons (Fsp3) is 0.857. The summed E-state index contributed by atoms with van der Waals surface area (Å²) in [5.41, 5.74) is 5.23. The molecule has 0 aromatic heterocycles. The van der Waals surface area contributed by atoms with Gasteiger partial charge in [0, 0.05) is 32.2 Å². The number of hydrogen-bond donors (Lipinski definition) is 3. The molecule has 4 N–H and O–H groups in total. The van der Waals surface area contributed by atoms with E-state index in [1.807, 2.05) is 18.7 Å². The van der Waals surface area contributed by atoms with Crippen LogP contribution >= 0.6 is 0 Å². The van der Waals surface area contributed by atoms with Gasteiger partial charge < -0.3 is 16.0 Å².